The highest BCUT2D eigenvalue weighted by molar-refractivity contribution is 6.08. The number of fused-ring (bicyclic) bond motifs is 2. The normalized spacial score (nSPS) is 13.4. The van der Waals surface area contributed by atoms with E-state index in [2.05, 4.69) is 42.5 Å². The van der Waals surface area contributed by atoms with Crippen LogP contribution in [0.1, 0.15) is 0 Å². The highest BCUT2D eigenvalue weighted by Gasteiger charge is 2.21. The van der Waals surface area contributed by atoms with E-state index in [4.69, 9.17) is 37.9 Å². The Hall–Kier alpha value is -11.0. The summed E-state index contributed by atoms with van der Waals surface area (Å²) < 4.78 is 47.2. The van der Waals surface area contributed by atoms with Crippen molar-refractivity contribution in [2.75, 3.05) is 122 Å². The number of hydrogen-bond donors (Lipinski definition) is 8. The summed E-state index contributed by atoms with van der Waals surface area (Å²) in [4.78, 5) is 95.7. The molecule has 32 heteroatoms. The largest absolute Gasteiger partial charge is 0.487 e. The number of carbonyl (C=O) groups is 4. The van der Waals surface area contributed by atoms with Gasteiger partial charge in [0, 0.05) is 95.5 Å². The maximum atomic E-state index is 13.3. The minimum absolute atomic E-state index is 0.000623. The van der Waals surface area contributed by atoms with Crippen LogP contribution < -0.4 is 61.5 Å². The van der Waals surface area contributed by atoms with Crippen LogP contribution in [0.25, 0.3) is 0 Å². The Balaban J connectivity index is 1.04. The number of hydrogen-bond acceptors (Lipinski definition) is 20. The molecule has 0 aliphatic carbocycles. The third-order valence-corrected chi connectivity index (χ3v) is 11.2. The zero-order valence-corrected chi connectivity index (χ0v) is 44.0. The quantitative estimate of drug-likeness (QED) is 0.0418. The monoisotopic (exact) mass is 1160 g/mol. The molecule has 8 amide bonds. The Morgan fingerprint density at radius 3 is 0.643 bits per heavy atom. The molecular weight excluding hydrogens is 1110 g/mol. The molecule has 84 heavy (non-hydrogen) atoms. The summed E-state index contributed by atoms with van der Waals surface area (Å²) in [5.74, 6) is 0.366. The summed E-state index contributed by atoms with van der Waals surface area (Å²) in [5.41, 5.74) is -0.0124. The number of anilines is 8. The summed E-state index contributed by atoms with van der Waals surface area (Å²) in [6.07, 6.45) is 0. The van der Waals surface area contributed by atoms with E-state index in [1.807, 2.05) is 0 Å². The number of urea groups is 4. The first-order valence-corrected chi connectivity index (χ1v) is 25.0. The molecule has 0 bridgehead atoms. The SMILES string of the molecule is O=C(Nc1ccc([N+](=O)[O-])cc1)Nc1cc2c(cc1NC(=O)Nc1ccc([N+](=O)[O-])cc1)OCCOCCOCCOc1cc(NC(=O)Nc3ccc([N+](=O)[O-])cc3)c(NC(=O)Nc3ccc([N+](=O)[O-])cc3)cc1OCCOCCOCCO2. The molecular formula is C52H52N12O20. The van der Waals surface area contributed by atoms with Gasteiger partial charge in [-0.2, -0.15) is 0 Å². The first-order valence-electron chi connectivity index (χ1n) is 25.0. The number of ether oxygens (including phenoxy) is 8. The molecule has 32 nitrogen and oxygen atoms in total. The molecule has 7 rings (SSSR count). The van der Waals surface area contributed by atoms with Crippen molar-refractivity contribution >= 4 is 92.4 Å². The Morgan fingerprint density at radius 2 is 0.464 bits per heavy atom. The first-order chi connectivity index (χ1) is 40.6. The lowest BCUT2D eigenvalue weighted by Crippen LogP contribution is -2.23. The van der Waals surface area contributed by atoms with Crippen molar-refractivity contribution in [3.63, 3.8) is 0 Å². The second kappa shape index (κ2) is 30.6. The number of non-ortho nitro benzene ring substituents is 4. The van der Waals surface area contributed by atoms with Gasteiger partial charge in [-0.3, -0.25) is 40.5 Å². The Bertz CT molecular complexity index is 2870. The van der Waals surface area contributed by atoms with Crippen LogP contribution in [0.5, 0.6) is 23.0 Å². The Labute approximate surface area is 474 Å². The predicted molar refractivity (Wildman–Crippen MR) is 301 cm³/mol. The average molecular weight is 1170 g/mol. The third-order valence-electron chi connectivity index (χ3n) is 11.2. The molecule has 0 fully saturated rings. The predicted octanol–water partition coefficient (Wildman–Crippen LogP) is 9.19. The summed E-state index contributed by atoms with van der Waals surface area (Å²) >= 11 is 0. The van der Waals surface area contributed by atoms with Crippen LogP contribution in [0, 0.1) is 40.5 Å². The molecule has 0 atom stereocenters. The molecule has 440 valence electrons. The van der Waals surface area contributed by atoms with Crippen LogP contribution >= 0.6 is 0 Å². The summed E-state index contributed by atoms with van der Waals surface area (Å²) in [6, 6.07) is 22.4. The fourth-order valence-electron chi connectivity index (χ4n) is 7.28. The van der Waals surface area contributed by atoms with E-state index in [0.717, 1.165) is 0 Å². The highest BCUT2D eigenvalue weighted by Crippen LogP contribution is 2.39. The summed E-state index contributed by atoms with van der Waals surface area (Å²) in [7, 11) is 0. The molecule has 1 aliphatic heterocycles. The van der Waals surface area contributed by atoms with Crippen LogP contribution in [0.4, 0.5) is 87.4 Å². The first kappa shape index (κ1) is 60.7. The van der Waals surface area contributed by atoms with E-state index < -0.39 is 43.8 Å². The second-order valence-electron chi connectivity index (χ2n) is 17.1. The standard InChI is InChI=1S/C52H52N12O20/c65-49(53-33-1-9-37(10-2-33)61(69)70)57-41-29-45-46(30-42(41)58-50(66)54-34-3-11-38(12-4-34)62(71)72)82-26-22-78-19-20-80-24-28-84-48-32-44(60-52(68)56-36-7-15-40(16-8-36)64(75)76)43(31-47(48)83-27-23-79-18-17-77-21-25-81-45)59-51(67)55-35-5-13-39(14-6-35)63(73)74/h1-16,29-32H,17-28H2,(H2,53,57,65)(H2,54,58,66)(H2,55,59,67)(H2,56,60,68). The van der Waals surface area contributed by atoms with E-state index in [1.54, 1.807) is 0 Å². The molecule has 0 radical (unpaired) electrons. The fourth-order valence-corrected chi connectivity index (χ4v) is 7.28. The van der Waals surface area contributed by atoms with Gasteiger partial charge >= 0.3 is 24.1 Å². The number of nitro groups is 4. The van der Waals surface area contributed by atoms with Crippen LogP contribution in [-0.2, 0) is 18.9 Å². The number of rotatable bonds is 12. The van der Waals surface area contributed by atoms with Crippen molar-refractivity contribution in [2.45, 2.75) is 0 Å². The Morgan fingerprint density at radius 1 is 0.286 bits per heavy atom. The average Bonchev–Trinajstić information content (AvgIpc) is 3.64. The van der Waals surface area contributed by atoms with Gasteiger partial charge in [-0.25, -0.2) is 19.2 Å². The van der Waals surface area contributed by atoms with E-state index in [-0.39, 0.29) is 171 Å². The van der Waals surface area contributed by atoms with E-state index >= 15 is 0 Å². The lowest BCUT2D eigenvalue weighted by atomic mass is 10.2. The molecule has 8 N–H and O–H groups in total. The van der Waals surface area contributed by atoms with E-state index in [9.17, 15) is 59.6 Å². The van der Waals surface area contributed by atoms with Crippen LogP contribution in [-0.4, -0.2) is 123 Å². The summed E-state index contributed by atoms with van der Waals surface area (Å²) in [6.45, 7) is 0.146. The maximum Gasteiger partial charge on any atom is 0.323 e. The van der Waals surface area contributed by atoms with Gasteiger partial charge in [0.25, 0.3) is 22.7 Å². The van der Waals surface area contributed by atoms with Gasteiger partial charge < -0.3 is 80.4 Å². The van der Waals surface area contributed by atoms with Gasteiger partial charge in [0.15, 0.2) is 23.0 Å². The van der Waals surface area contributed by atoms with Crippen LogP contribution in [0.15, 0.2) is 121 Å². The van der Waals surface area contributed by atoms with Gasteiger partial charge in [0.2, 0.25) is 0 Å². The third kappa shape index (κ3) is 19.1. The molecule has 6 aromatic rings. The summed E-state index contributed by atoms with van der Waals surface area (Å²) in [5, 5.41) is 65.5. The number of nitro benzene ring substituents is 4. The smallest absolute Gasteiger partial charge is 0.323 e. The van der Waals surface area contributed by atoms with Crippen molar-refractivity contribution in [1.82, 2.24) is 0 Å². The number of nitrogens with zero attached hydrogens (tertiary/aromatic N) is 4. The van der Waals surface area contributed by atoms with Gasteiger partial charge in [0.05, 0.1) is 95.3 Å². The van der Waals surface area contributed by atoms with Crippen molar-refractivity contribution in [1.29, 1.82) is 0 Å². The minimum Gasteiger partial charge on any atom is -0.487 e. The molecule has 0 saturated heterocycles. The van der Waals surface area contributed by atoms with Crippen molar-refractivity contribution in [3.05, 3.63) is 162 Å². The zero-order chi connectivity index (χ0) is 59.8. The Kier molecular flexibility index (Phi) is 22.1. The van der Waals surface area contributed by atoms with Gasteiger partial charge in [-0.05, 0) is 48.5 Å². The second-order valence-corrected chi connectivity index (χ2v) is 17.1. The molecule has 0 saturated carbocycles. The molecule has 0 spiro atoms. The molecule has 6 aromatic carbocycles. The molecule has 1 aliphatic rings. The van der Waals surface area contributed by atoms with Gasteiger partial charge in [0.1, 0.15) is 26.4 Å². The minimum atomic E-state index is -0.814. The van der Waals surface area contributed by atoms with Crippen LogP contribution in [0.3, 0.4) is 0 Å². The van der Waals surface area contributed by atoms with Crippen molar-refractivity contribution in [2.24, 2.45) is 0 Å². The lowest BCUT2D eigenvalue weighted by Gasteiger charge is -2.19. The number of benzene rings is 6. The maximum absolute atomic E-state index is 13.3. The van der Waals surface area contributed by atoms with Gasteiger partial charge in [-0.15, -0.1) is 0 Å². The van der Waals surface area contributed by atoms with E-state index in [0.29, 0.717) is 0 Å². The lowest BCUT2D eigenvalue weighted by molar-refractivity contribution is -0.385. The fraction of sp³-hybridized carbons (Fsp3) is 0.231. The molecule has 1 heterocycles. The highest BCUT2D eigenvalue weighted by atomic mass is 16.6. The number of nitrogens with one attached hydrogen (secondary N) is 8. The van der Waals surface area contributed by atoms with Crippen LogP contribution in [0.2, 0.25) is 0 Å². The number of amides is 8. The molecule has 0 unspecified atom stereocenters. The van der Waals surface area contributed by atoms with Gasteiger partial charge in [-0.1, -0.05) is 0 Å². The topological polar surface area (TPSA) is 411 Å². The van der Waals surface area contributed by atoms with Crippen molar-refractivity contribution in [3.8, 4) is 23.0 Å². The zero-order valence-electron chi connectivity index (χ0n) is 44.0. The van der Waals surface area contributed by atoms with E-state index in [1.165, 1.54) is 121 Å². The molecule has 0 aromatic heterocycles. The number of carbonyl (C=O) groups excluding carboxylic acids is 4. The van der Waals surface area contributed by atoms with Crippen molar-refractivity contribution < 1.29 is 76.8 Å².